The van der Waals surface area contributed by atoms with E-state index in [9.17, 15) is 0 Å². The van der Waals surface area contributed by atoms with Crippen molar-refractivity contribution < 1.29 is 0 Å². The van der Waals surface area contributed by atoms with Crippen molar-refractivity contribution in [2.24, 2.45) is 0 Å². The van der Waals surface area contributed by atoms with Crippen molar-refractivity contribution in [3.63, 3.8) is 0 Å². The van der Waals surface area contributed by atoms with E-state index < -0.39 is 0 Å². The van der Waals surface area contributed by atoms with Gasteiger partial charge in [-0.2, -0.15) is 0 Å². The molecule has 0 radical (unpaired) electrons. The number of rotatable bonds is 6. The van der Waals surface area contributed by atoms with Gasteiger partial charge in [0.05, 0.1) is 5.69 Å². The van der Waals surface area contributed by atoms with Crippen LogP contribution >= 0.6 is 0 Å². The van der Waals surface area contributed by atoms with Crippen LogP contribution in [0.1, 0.15) is 19.8 Å². The van der Waals surface area contributed by atoms with Crippen LogP contribution in [0.25, 0.3) is 5.69 Å². The number of anilines is 1. The molecule has 1 N–H and O–H groups in total. The minimum absolute atomic E-state index is 0.430. The van der Waals surface area contributed by atoms with Crippen LogP contribution in [0.15, 0.2) is 49.6 Å². The number of nitrogens with zero attached hydrogens (tertiary/aromatic N) is 3. The zero-order valence-corrected chi connectivity index (χ0v) is 10.6. The van der Waals surface area contributed by atoms with Crippen molar-refractivity contribution in [1.29, 1.82) is 0 Å². The highest BCUT2D eigenvalue weighted by Crippen LogP contribution is 2.16. The van der Waals surface area contributed by atoms with E-state index >= 15 is 0 Å². The lowest BCUT2D eigenvalue weighted by molar-refractivity contribution is 0.719. The first-order valence-electron chi connectivity index (χ1n) is 6.12. The standard InChI is InChI=1S/C14H18N4/c1-3-4-6-12(2)17-13-7-5-8-14(9-13)18-10-15-16-11-18/h3,5,7-12,17H,1,4,6H2,2H3/t12-/m1/s1. The molecule has 0 aliphatic carbocycles. The van der Waals surface area contributed by atoms with E-state index in [2.05, 4.69) is 41.1 Å². The van der Waals surface area contributed by atoms with Gasteiger partial charge in [0.15, 0.2) is 0 Å². The molecule has 0 aliphatic rings. The van der Waals surface area contributed by atoms with Gasteiger partial charge in [0.1, 0.15) is 12.7 Å². The summed E-state index contributed by atoms with van der Waals surface area (Å²) in [6.45, 7) is 5.92. The average molecular weight is 242 g/mol. The molecule has 4 heteroatoms. The van der Waals surface area contributed by atoms with E-state index in [0.717, 1.165) is 24.2 Å². The largest absolute Gasteiger partial charge is 0.383 e. The Morgan fingerprint density at radius 2 is 2.17 bits per heavy atom. The summed E-state index contributed by atoms with van der Waals surface area (Å²) in [5.74, 6) is 0. The molecule has 2 aromatic rings. The van der Waals surface area contributed by atoms with Crippen LogP contribution in [0.2, 0.25) is 0 Å². The normalized spacial score (nSPS) is 12.1. The number of aromatic nitrogens is 3. The fraction of sp³-hybridized carbons (Fsp3) is 0.286. The molecule has 0 spiro atoms. The number of hydrogen-bond donors (Lipinski definition) is 1. The maximum Gasteiger partial charge on any atom is 0.123 e. The van der Waals surface area contributed by atoms with Gasteiger partial charge >= 0.3 is 0 Å². The third-order valence-corrected chi connectivity index (χ3v) is 2.78. The maximum absolute atomic E-state index is 3.81. The van der Waals surface area contributed by atoms with Crippen LogP contribution in [-0.4, -0.2) is 20.8 Å². The molecule has 0 bridgehead atoms. The first kappa shape index (κ1) is 12.4. The molecule has 4 nitrogen and oxygen atoms in total. The maximum atomic E-state index is 3.81. The van der Waals surface area contributed by atoms with Gasteiger partial charge in [-0.3, -0.25) is 4.57 Å². The van der Waals surface area contributed by atoms with Gasteiger partial charge in [-0.1, -0.05) is 12.1 Å². The second-order valence-electron chi connectivity index (χ2n) is 4.33. The Balaban J connectivity index is 2.06. The summed E-state index contributed by atoms with van der Waals surface area (Å²) in [4.78, 5) is 0. The molecule has 1 heterocycles. The Bertz CT molecular complexity index is 490. The van der Waals surface area contributed by atoms with E-state index in [0.29, 0.717) is 6.04 Å². The van der Waals surface area contributed by atoms with Gasteiger partial charge in [-0.25, -0.2) is 0 Å². The summed E-state index contributed by atoms with van der Waals surface area (Å²) in [6, 6.07) is 8.64. The Kier molecular flexibility index (Phi) is 4.12. The molecule has 0 amide bonds. The highest BCUT2D eigenvalue weighted by molar-refractivity contribution is 5.51. The number of nitrogens with one attached hydrogen (secondary N) is 1. The zero-order valence-electron chi connectivity index (χ0n) is 10.6. The summed E-state index contributed by atoms with van der Waals surface area (Å²) in [7, 11) is 0. The fourth-order valence-corrected chi connectivity index (χ4v) is 1.81. The Morgan fingerprint density at radius 1 is 1.39 bits per heavy atom. The van der Waals surface area contributed by atoms with Gasteiger partial charge in [0.25, 0.3) is 0 Å². The van der Waals surface area contributed by atoms with E-state index in [1.807, 2.05) is 22.8 Å². The molecular weight excluding hydrogens is 224 g/mol. The van der Waals surface area contributed by atoms with Crippen molar-refractivity contribution in [3.8, 4) is 5.69 Å². The molecule has 2 rings (SSSR count). The molecule has 0 aliphatic heterocycles. The van der Waals surface area contributed by atoms with Crippen molar-refractivity contribution in [1.82, 2.24) is 14.8 Å². The highest BCUT2D eigenvalue weighted by Gasteiger charge is 2.02. The second-order valence-corrected chi connectivity index (χ2v) is 4.33. The SMILES string of the molecule is C=CCC[C@@H](C)Nc1cccc(-n2cnnc2)c1. The van der Waals surface area contributed by atoms with Crippen molar-refractivity contribution in [2.75, 3.05) is 5.32 Å². The Hall–Kier alpha value is -2.10. The average Bonchev–Trinajstić information content (AvgIpc) is 2.90. The summed E-state index contributed by atoms with van der Waals surface area (Å²) in [6.07, 6.45) is 7.45. The highest BCUT2D eigenvalue weighted by atomic mass is 15.2. The van der Waals surface area contributed by atoms with E-state index in [1.165, 1.54) is 0 Å². The molecule has 0 unspecified atom stereocenters. The first-order chi connectivity index (χ1) is 8.79. The lowest BCUT2D eigenvalue weighted by atomic mass is 10.1. The number of allylic oxidation sites excluding steroid dienone is 1. The van der Waals surface area contributed by atoms with Crippen molar-refractivity contribution >= 4 is 5.69 Å². The van der Waals surface area contributed by atoms with Crippen LogP contribution in [0.3, 0.4) is 0 Å². The minimum Gasteiger partial charge on any atom is -0.383 e. The predicted molar refractivity (Wildman–Crippen MR) is 73.9 cm³/mol. The van der Waals surface area contributed by atoms with Gasteiger partial charge < -0.3 is 5.32 Å². The quantitative estimate of drug-likeness (QED) is 0.792. The van der Waals surface area contributed by atoms with Crippen LogP contribution in [0, 0.1) is 0 Å². The Labute approximate surface area is 107 Å². The van der Waals surface area contributed by atoms with E-state index in [1.54, 1.807) is 12.7 Å². The Morgan fingerprint density at radius 3 is 2.89 bits per heavy atom. The molecule has 18 heavy (non-hydrogen) atoms. The molecule has 0 fully saturated rings. The monoisotopic (exact) mass is 242 g/mol. The second kappa shape index (κ2) is 6.00. The molecule has 1 atom stereocenters. The topological polar surface area (TPSA) is 42.7 Å². The molecule has 0 saturated carbocycles. The van der Waals surface area contributed by atoms with Crippen LogP contribution in [-0.2, 0) is 0 Å². The molecule has 94 valence electrons. The lowest BCUT2D eigenvalue weighted by Crippen LogP contribution is -2.14. The summed E-state index contributed by atoms with van der Waals surface area (Å²) in [5.41, 5.74) is 2.17. The minimum atomic E-state index is 0.430. The number of benzene rings is 1. The van der Waals surface area contributed by atoms with E-state index in [4.69, 9.17) is 0 Å². The van der Waals surface area contributed by atoms with Crippen molar-refractivity contribution in [2.45, 2.75) is 25.8 Å². The van der Waals surface area contributed by atoms with Crippen LogP contribution < -0.4 is 5.32 Å². The summed E-state index contributed by atoms with van der Waals surface area (Å²) in [5, 5.41) is 11.1. The molecule has 0 saturated heterocycles. The van der Waals surface area contributed by atoms with Gasteiger partial charge in [-0.15, -0.1) is 16.8 Å². The van der Waals surface area contributed by atoms with E-state index in [-0.39, 0.29) is 0 Å². The van der Waals surface area contributed by atoms with Gasteiger partial charge in [0, 0.05) is 11.7 Å². The molecule has 1 aromatic carbocycles. The smallest absolute Gasteiger partial charge is 0.123 e. The van der Waals surface area contributed by atoms with Crippen LogP contribution in [0.4, 0.5) is 5.69 Å². The van der Waals surface area contributed by atoms with Gasteiger partial charge in [0.2, 0.25) is 0 Å². The van der Waals surface area contributed by atoms with Crippen LogP contribution in [0.5, 0.6) is 0 Å². The summed E-state index contributed by atoms with van der Waals surface area (Å²) >= 11 is 0. The number of hydrogen-bond acceptors (Lipinski definition) is 3. The first-order valence-corrected chi connectivity index (χ1v) is 6.12. The molecular formula is C14H18N4. The zero-order chi connectivity index (χ0) is 12.8. The fourth-order valence-electron chi connectivity index (χ4n) is 1.81. The molecule has 1 aromatic heterocycles. The third-order valence-electron chi connectivity index (χ3n) is 2.78. The van der Waals surface area contributed by atoms with Gasteiger partial charge in [-0.05, 0) is 38.0 Å². The lowest BCUT2D eigenvalue weighted by Gasteiger charge is -2.15. The summed E-state index contributed by atoms with van der Waals surface area (Å²) < 4.78 is 1.89. The van der Waals surface area contributed by atoms with Crippen molar-refractivity contribution in [3.05, 3.63) is 49.6 Å². The predicted octanol–water partition coefficient (Wildman–Crippen LogP) is 3.03. The third kappa shape index (κ3) is 3.20.